The Bertz CT molecular complexity index is 518. The molecular formula is C15H20N2O4. The number of rotatable bonds is 7. The Balaban J connectivity index is 1.83. The minimum atomic E-state index is -1.03. The Kier molecular flexibility index (Phi) is 5.16. The van der Waals surface area contributed by atoms with Crippen LogP contribution >= 0.6 is 0 Å². The molecule has 0 radical (unpaired) electrons. The van der Waals surface area contributed by atoms with Crippen LogP contribution in [0.15, 0.2) is 24.3 Å². The summed E-state index contributed by atoms with van der Waals surface area (Å²) in [7, 11) is 1.52. The predicted molar refractivity (Wildman–Crippen MR) is 77.4 cm³/mol. The molecule has 0 fully saturated rings. The molecule has 0 saturated heterocycles. The van der Waals surface area contributed by atoms with Crippen molar-refractivity contribution in [2.75, 3.05) is 33.4 Å². The standard InChI is InChI=1S/C15H20N2O4/c1-21-7-6-17(10-14(18)19)15(20)16-9-12-8-11-4-2-3-5-13(11)12/h2-5,12H,6-10H2,1H3,(H,16,20)(H,18,19). The first-order valence-electron chi connectivity index (χ1n) is 6.93. The van der Waals surface area contributed by atoms with E-state index in [0.29, 0.717) is 19.1 Å². The summed E-state index contributed by atoms with van der Waals surface area (Å²) < 4.78 is 4.89. The number of hydrogen-bond acceptors (Lipinski definition) is 3. The highest BCUT2D eigenvalue weighted by Crippen LogP contribution is 2.33. The maximum atomic E-state index is 12.0. The van der Waals surface area contributed by atoms with E-state index in [2.05, 4.69) is 17.4 Å². The number of fused-ring (bicyclic) bond motifs is 1. The quantitative estimate of drug-likeness (QED) is 0.788. The van der Waals surface area contributed by atoms with Gasteiger partial charge in [0.25, 0.3) is 0 Å². The smallest absolute Gasteiger partial charge is 0.323 e. The number of benzene rings is 1. The van der Waals surface area contributed by atoms with E-state index in [4.69, 9.17) is 9.84 Å². The number of aliphatic carboxylic acids is 1. The Labute approximate surface area is 123 Å². The zero-order valence-corrected chi connectivity index (χ0v) is 12.0. The SMILES string of the molecule is COCCN(CC(=O)O)C(=O)NCC1Cc2ccccc21. The molecule has 0 saturated carbocycles. The summed E-state index contributed by atoms with van der Waals surface area (Å²) in [5.41, 5.74) is 2.58. The van der Waals surface area contributed by atoms with Crippen LogP contribution in [0.3, 0.4) is 0 Å². The topological polar surface area (TPSA) is 78.9 Å². The van der Waals surface area contributed by atoms with Crippen molar-refractivity contribution in [3.05, 3.63) is 35.4 Å². The van der Waals surface area contributed by atoms with Crippen molar-refractivity contribution in [1.29, 1.82) is 0 Å². The second kappa shape index (κ2) is 7.08. The molecule has 1 unspecified atom stereocenters. The van der Waals surface area contributed by atoms with E-state index in [9.17, 15) is 9.59 Å². The van der Waals surface area contributed by atoms with Crippen molar-refractivity contribution in [3.8, 4) is 0 Å². The lowest BCUT2D eigenvalue weighted by atomic mass is 9.78. The normalized spacial score (nSPS) is 15.8. The molecule has 0 aliphatic heterocycles. The highest BCUT2D eigenvalue weighted by Gasteiger charge is 2.26. The largest absolute Gasteiger partial charge is 0.480 e. The lowest BCUT2D eigenvalue weighted by Crippen LogP contribution is -2.46. The number of nitrogens with one attached hydrogen (secondary N) is 1. The van der Waals surface area contributed by atoms with Crippen LogP contribution in [0.2, 0.25) is 0 Å². The highest BCUT2D eigenvalue weighted by molar-refractivity contribution is 5.80. The molecule has 0 bridgehead atoms. The third kappa shape index (κ3) is 3.95. The molecule has 6 nitrogen and oxygen atoms in total. The van der Waals surface area contributed by atoms with Crippen LogP contribution in [0, 0.1) is 0 Å². The molecule has 2 amide bonds. The van der Waals surface area contributed by atoms with Gasteiger partial charge >= 0.3 is 12.0 Å². The van der Waals surface area contributed by atoms with E-state index >= 15 is 0 Å². The molecule has 114 valence electrons. The van der Waals surface area contributed by atoms with Crippen LogP contribution in [0.4, 0.5) is 4.79 Å². The second-order valence-electron chi connectivity index (χ2n) is 5.09. The van der Waals surface area contributed by atoms with Gasteiger partial charge in [-0.05, 0) is 17.5 Å². The van der Waals surface area contributed by atoms with Gasteiger partial charge in [0.1, 0.15) is 6.54 Å². The highest BCUT2D eigenvalue weighted by atomic mass is 16.5. The number of carbonyl (C=O) groups excluding carboxylic acids is 1. The lowest BCUT2D eigenvalue weighted by Gasteiger charge is -2.31. The average Bonchev–Trinajstić information content (AvgIpc) is 2.43. The maximum absolute atomic E-state index is 12.0. The Morgan fingerprint density at radius 3 is 2.86 bits per heavy atom. The molecule has 0 aromatic heterocycles. The summed E-state index contributed by atoms with van der Waals surface area (Å²) in [6.45, 7) is 0.776. The van der Waals surface area contributed by atoms with Gasteiger partial charge in [0.2, 0.25) is 0 Å². The average molecular weight is 292 g/mol. The van der Waals surface area contributed by atoms with Crippen molar-refractivity contribution >= 4 is 12.0 Å². The first-order valence-corrected chi connectivity index (χ1v) is 6.93. The fourth-order valence-electron chi connectivity index (χ4n) is 2.48. The van der Waals surface area contributed by atoms with Crippen molar-refractivity contribution in [2.45, 2.75) is 12.3 Å². The molecule has 1 aromatic rings. The Morgan fingerprint density at radius 1 is 1.43 bits per heavy atom. The van der Waals surface area contributed by atoms with E-state index in [1.807, 2.05) is 12.1 Å². The van der Waals surface area contributed by atoms with Crippen molar-refractivity contribution in [3.63, 3.8) is 0 Å². The molecule has 0 spiro atoms. The summed E-state index contributed by atoms with van der Waals surface area (Å²) in [5.74, 6) is -0.713. The van der Waals surface area contributed by atoms with E-state index < -0.39 is 5.97 Å². The van der Waals surface area contributed by atoms with E-state index in [1.54, 1.807) is 0 Å². The van der Waals surface area contributed by atoms with Gasteiger partial charge in [-0.25, -0.2) is 4.79 Å². The number of hydrogen-bond donors (Lipinski definition) is 2. The zero-order chi connectivity index (χ0) is 15.2. The molecule has 1 aromatic carbocycles. The summed E-state index contributed by atoms with van der Waals surface area (Å²) in [4.78, 5) is 24.1. The second-order valence-corrected chi connectivity index (χ2v) is 5.09. The Hall–Kier alpha value is -2.08. The summed E-state index contributed by atoms with van der Waals surface area (Å²) in [6, 6.07) is 7.78. The number of ether oxygens (including phenoxy) is 1. The number of methoxy groups -OCH3 is 1. The van der Waals surface area contributed by atoms with Gasteiger partial charge in [-0.15, -0.1) is 0 Å². The van der Waals surface area contributed by atoms with Gasteiger partial charge in [-0.3, -0.25) is 4.79 Å². The van der Waals surface area contributed by atoms with Gasteiger partial charge in [0.05, 0.1) is 6.61 Å². The fraction of sp³-hybridized carbons (Fsp3) is 0.467. The van der Waals surface area contributed by atoms with Crippen LogP contribution in [-0.4, -0.2) is 55.4 Å². The van der Waals surface area contributed by atoms with E-state index in [-0.39, 0.29) is 19.1 Å². The van der Waals surface area contributed by atoms with Crippen molar-refractivity contribution in [2.24, 2.45) is 0 Å². The van der Waals surface area contributed by atoms with Crippen LogP contribution in [0.25, 0.3) is 0 Å². The number of carboxylic acids is 1. The third-order valence-electron chi connectivity index (χ3n) is 3.64. The van der Waals surface area contributed by atoms with Gasteiger partial charge in [0.15, 0.2) is 0 Å². The van der Waals surface area contributed by atoms with Crippen molar-refractivity contribution in [1.82, 2.24) is 10.2 Å². The van der Waals surface area contributed by atoms with Gasteiger partial charge in [-0.1, -0.05) is 24.3 Å². The molecule has 2 N–H and O–H groups in total. The van der Waals surface area contributed by atoms with Crippen molar-refractivity contribution < 1.29 is 19.4 Å². The van der Waals surface area contributed by atoms with Crippen LogP contribution in [0.5, 0.6) is 0 Å². The summed E-state index contributed by atoms with van der Waals surface area (Å²) in [6.07, 6.45) is 0.952. The van der Waals surface area contributed by atoms with Gasteiger partial charge in [-0.2, -0.15) is 0 Å². The lowest BCUT2D eigenvalue weighted by molar-refractivity contribution is -0.137. The summed E-state index contributed by atoms with van der Waals surface area (Å²) >= 11 is 0. The fourth-order valence-corrected chi connectivity index (χ4v) is 2.48. The third-order valence-corrected chi connectivity index (χ3v) is 3.64. The molecule has 1 aliphatic rings. The van der Waals surface area contributed by atoms with Crippen LogP contribution < -0.4 is 5.32 Å². The van der Waals surface area contributed by atoms with Crippen LogP contribution in [0.1, 0.15) is 17.0 Å². The molecule has 0 heterocycles. The molecule has 2 rings (SSSR count). The van der Waals surface area contributed by atoms with E-state index in [1.165, 1.54) is 23.1 Å². The number of carbonyl (C=O) groups is 2. The number of carboxylic acid groups (broad SMARTS) is 1. The molecular weight excluding hydrogens is 272 g/mol. The minimum Gasteiger partial charge on any atom is -0.480 e. The molecule has 21 heavy (non-hydrogen) atoms. The number of urea groups is 1. The first kappa shape index (κ1) is 15.3. The van der Waals surface area contributed by atoms with Gasteiger partial charge in [0, 0.05) is 26.1 Å². The minimum absolute atomic E-state index is 0.260. The molecule has 1 aliphatic carbocycles. The molecule has 6 heteroatoms. The molecule has 1 atom stereocenters. The first-order chi connectivity index (χ1) is 10.1. The zero-order valence-electron chi connectivity index (χ0n) is 12.0. The number of amides is 2. The van der Waals surface area contributed by atoms with Crippen LogP contribution in [-0.2, 0) is 16.0 Å². The summed E-state index contributed by atoms with van der Waals surface area (Å²) in [5, 5.41) is 11.6. The maximum Gasteiger partial charge on any atom is 0.323 e. The van der Waals surface area contributed by atoms with Gasteiger partial charge < -0.3 is 20.1 Å². The predicted octanol–water partition coefficient (Wildman–Crippen LogP) is 1.07. The number of nitrogens with zero attached hydrogens (tertiary/aromatic N) is 1. The Morgan fingerprint density at radius 2 is 2.19 bits per heavy atom. The van der Waals surface area contributed by atoms with E-state index in [0.717, 1.165) is 6.42 Å². The monoisotopic (exact) mass is 292 g/mol.